The molecule has 2 heterocycles. The molecule has 0 bridgehead atoms. The molecule has 0 spiro atoms. The van der Waals surface area contributed by atoms with E-state index in [1.54, 1.807) is 24.1 Å². The summed E-state index contributed by atoms with van der Waals surface area (Å²) in [5.41, 5.74) is 0.727. The first kappa shape index (κ1) is 14.7. The fraction of sp³-hybridized carbons (Fsp3) is 0.273. The van der Waals surface area contributed by atoms with Crippen molar-refractivity contribution >= 4 is 27.3 Å². The van der Waals surface area contributed by atoms with Gasteiger partial charge < -0.3 is 5.11 Å². The summed E-state index contributed by atoms with van der Waals surface area (Å²) in [5.74, 6) is -1.24. The molecule has 0 aliphatic carbocycles. The third-order valence-electron chi connectivity index (χ3n) is 2.68. The quantitative estimate of drug-likeness (QED) is 0.888. The van der Waals surface area contributed by atoms with Crippen LogP contribution in [0.1, 0.15) is 15.2 Å². The lowest BCUT2D eigenvalue weighted by molar-refractivity contribution is 0.0698. The molecular formula is C11H13N3O4S2. The molecule has 20 heavy (non-hydrogen) atoms. The number of hydrogen-bond acceptors (Lipinski definition) is 5. The summed E-state index contributed by atoms with van der Waals surface area (Å²) >= 11 is 0.891. The summed E-state index contributed by atoms with van der Waals surface area (Å²) in [6, 6.07) is 1.31. The average Bonchev–Trinajstić information content (AvgIpc) is 2.98. The van der Waals surface area contributed by atoms with Crippen LogP contribution in [0, 0.1) is 0 Å². The molecule has 0 amide bonds. The summed E-state index contributed by atoms with van der Waals surface area (Å²) < 4.78 is 27.4. The van der Waals surface area contributed by atoms with E-state index >= 15 is 0 Å². The highest BCUT2D eigenvalue weighted by Gasteiger charge is 2.28. The Balaban J connectivity index is 2.30. The molecule has 0 radical (unpaired) electrons. The van der Waals surface area contributed by atoms with Gasteiger partial charge in [0.25, 0.3) is 0 Å². The van der Waals surface area contributed by atoms with Gasteiger partial charge in [-0.25, -0.2) is 13.2 Å². The maximum Gasteiger partial charge on any atom is 0.347 e. The van der Waals surface area contributed by atoms with E-state index in [0.717, 1.165) is 21.2 Å². The summed E-state index contributed by atoms with van der Waals surface area (Å²) in [7, 11) is -0.690. The zero-order valence-corrected chi connectivity index (χ0v) is 12.5. The number of rotatable bonds is 5. The highest BCUT2D eigenvalue weighted by molar-refractivity contribution is 7.89. The van der Waals surface area contributed by atoms with Crippen LogP contribution in [0.4, 0.5) is 0 Å². The third kappa shape index (κ3) is 2.74. The Labute approximate surface area is 120 Å². The molecule has 1 N–H and O–H groups in total. The number of sulfonamides is 1. The topological polar surface area (TPSA) is 92.5 Å². The predicted octanol–water partition coefficient (Wildman–Crippen LogP) is 1.00. The van der Waals surface area contributed by atoms with Crippen LogP contribution in [0.25, 0.3) is 0 Å². The van der Waals surface area contributed by atoms with Gasteiger partial charge in [0.2, 0.25) is 10.0 Å². The Bertz CT molecular complexity index is 732. The van der Waals surface area contributed by atoms with E-state index in [1.165, 1.54) is 18.5 Å². The normalized spacial score (nSPS) is 11.9. The monoisotopic (exact) mass is 315 g/mol. The molecular weight excluding hydrogens is 302 g/mol. The van der Waals surface area contributed by atoms with Gasteiger partial charge in [-0.1, -0.05) is 0 Å². The summed E-state index contributed by atoms with van der Waals surface area (Å²) in [4.78, 5) is 10.7. The van der Waals surface area contributed by atoms with Crippen molar-refractivity contribution in [1.29, 1.82) is 0 Å². The van der Waals surface area contributed by atoms with Gasteiger partial charge >= 0.3 is 5.97 Å². The van der Waals surface area contributed by atoms with Gasteiger partial charge in [-0.15, -0.1) is 11.3 Å². The van der Waals surface area contributed by atoms with E-state index < -0.39 is 16.0 Å². The van der Waals surface area contributed by atoms with Gasteiger partial charge in [-0.05, 0) is 11.4 Å². The summed E-state index contributed by atoms with van der Waals surface area (Å²) in [6.45, 7) is 0.130. The lowest BCUT2D eigenvalue weighted by Crippen LogP contribution is -2.27. The molecule has 0 atom stereocenters. The van der Waals surface area contributed by atoms with Gasteiger partial charge in [0.1, 0.15) is 9.77 Å². The molecule has 2 rings (SSSR count). The van der Waals surface area contributed by atoms with Crippen LogP contribution in [0.5, 0.6) is 0 Å². The second-order valence-electron chi connectivity index (χ2n) is 4.20. The van der Waals surface area contributed by atoms with Crippen molar-refractivity contribution in [2.75, 3.05) is 7.05 Å². The fourth-order valence-corrected chi connectivity index (χ4v) is 4.11. The van der Waals surface area contributed by atoms with E-state index in [1.807, 2.05) is 0 Å². The van der Waals surface area contributed by atoms with Crippen LogP contribution in [0.2, 0.25) is 0 Å². The van der Waals surface area contributed by atoms with Crippen molar-refractivity contribution in [2.45, 2.75) is 11.4 Å². The van der Waals surface area contributed by atoms with Crippen LogP contribution >= 0.6 is 11.3 Å². The minimum Gasteiger partial charge on any atom is -0.477 e. The Morgan fingerprint density at radius 3 is 2.80 bits per heavy atom. The number of carboxylic acid groups (broad SMARTS) is 1. The second kappa shape index (κ2) is 5.35. The molecule has 2 aromatic heterocycles. The Hall–Kier alpha value is -1.71. The number of hydrogen-bond donors (Lipinski definition) is 1. The van der Waals surface area contributed by atoms with E-state index in [0.29, 0.717) is 0 Å². The third-order valence-corrected chi connectivity index (χ3v) is 5.55. The lowest BCUT2D eigenvalue weighted by atomic mass is 10.4. The zero-order chi connectivity index (χ0) is 14.9. The Morgan fingerprint density at radius 1 is 1.55 bits per heavy atom. The molecule has 0 aromatic carbocycles. The minimum atomic E-state index is -3.83. The molecule has 7 nitrogen and oxygen atoms in total. The SMILES string of the molecule is CN(Cc1cnn(C)c1)S(=O)(=O)c1ccsc1C(=O)O. The maximum absolute atomic E-state index is 12.4. The van der Waals surface area contributed by atoms with Crippen molar-refractivity contribution in [1.82, 2.24) is 14.1 Å². The van der Waals surface area contributed by atoms with Gasteiger partial charge in [0, 0.05) is 32.4 Å². The summed E-state index contributed by atoms with van der Waals surface area (Å²) in [5, 5.41) is 14.4. The van der Waals surface area contributed by atoms with Crippen LogP contribution < -0.4 is 0 Å². The van der Waals surface area contributed by atoms with Gasteiger partial charge in [0.15, 0.2) is 0 Å². The standard InChI is InChI=1S/C11H13N3O4S2/c1-13-6-8(5-12-13)7-14(2)20(17,18)9-3-4-19-10(9)11(15)16/h3-6H,7H2,1-2H3,(H,15,16). The van der Waals surface area contributed by atoms with Gasteiger partial charge in [-0.3, -0.25) is 4.68 Å². The number of nitrogens with zero attached hydrogens (tertiary/aromatic N) is 3. The first-order valence-electron chi connectivity index (χ1n) is 5.57. The van der Waals surface area contributed by atoms with E-state index in [9.17, 15) is 13.2 Å². The van der Waals surface area contributed by atoms with Crippen molar-refractivity contribution in [3.63, 3.8) is 0 Å². The molecule has 0 fully saturated rings. The smallest absolute Gasteiger partial charge is 0.347 e. The van der Waals surface area contributed by atoms with E-state index in [4.69, 9.17) is 5.11 Å². The first-order chi connectivity index (χ1) is 9.32. The Morgan fingerprint density at radius 2 is 2.25 bits per heavy atom. The number of aryl methyl sites for hydroxylation is 1. The number of carbonyl (C=O) groups is 1. The van der Waals surface area contributed by atoms with Crippen LogP contribution in [0.3, 0.4) is 0 Å². The molecule has 0 aliphatic rings. The van der Waals surface area contributed by atoms with Crippen molar-refractivity contribution < 1.29 is 18.3 Å². The number of aromatic nitrogens is 2. The van der Waals surface area contributed by atoms with E-state index in [-0.39, 0.29) is 16.3 Å². The summed E-state index contributed by atoms with van der Waals surface area (Å²) in [6.07, 6.45) is 3.27. The molecule has 0 saturated heterocycles. The largest absolute Gasteiger partial charge is 0.477 e. The van der Waals surface area contributed by atoms with Gasteiger partial charge in [0.05, 0.1) is 6.20 Å². The van der Waals surface area contributed by atoms with Crippen molar-refractivity contribution in [3.8, 4) is 0 Å². The maximum atomic E-state index is 12.4. The van der Waals surface area contributed by atoms with Crippen molar-refractivity contribution in [2.24, 2.45) is 7.05 Å². The molecule has 0 aliphatic heterocycles. The highest BCUT2D eigenvalue weighted by atomic mass is 32.2. The van der Waals surface area contributed by atoms with Gasteiger partial charge in [-0.2, -0.15) is 9.40 Å². The lowest BCUT2D eigenvalue weighted by Gasteiger charge is -2.15. The van der Waals surface area contributed by atoms with Crippen LogP contribution in [-0.4, -0.2) is 40.6 Å². The number of carboxylic acids is 1. The molecule has 108 valence electrons. The number of aromatic carboxylic acids is 1. The van der Waals surface area contributed by atoms with E-state index in [2.05, 4.69) is 5.10 Å². The Kier molecular flexibility index (Phi) is 3.93. The molecule has 9 heteroatoms. The first-order valence-corrected chi connectivity index (χ1v) is 7.89. The fourth-order valence-electron chi connectivity index (χ4n) is 1.72. The molecule has 0 saturated carbocycles. The number of thiophene rings is 1. The van der Waals surface area contributed by atoms with Crippen LogP contribution in [-0.2, 0) is 23.6 Å². The zero-order valence-electron chi connectivity index (χ0n) is 10.8. The predicted molar refractivity (Wildman–Crippen MR) is 73.1 cm³/mol. The molecule has 0 unspecified atom stereocenters. The van der Waals surface area contributed by atoms with Crippen LogP contribution in [0.15, 0.2) is 28.7 Å². The average molecular weight is 315 g/mol. The minimum absolute atomic E-state index is 0.130. The molecule has 2 aromatic rings. The van der Waals surface area contributed by atoms with Crippen molar-refractivity contribution in [3.05, 3.63) is 34.3 Å². The second-order valence-corrected chi connectivity index (χ2v) is 7.13. The highest BCUT2D eigenvalue weighted by Crippen LogP contribution is 2.25.